The molecule has 0 radical (unpaired) electrons. The minimum absolute atomic E-state index is 0.0404. The number of carbonyl (C=O) groups excluding carboxylic acids is 3. The number of rotatable bonds is 15. The van der Waals surface area contributed by atoms with E-state index >= 15 is 0 Å². The molecule has 0 aliphatic rings. The van der Waals surface area contributed by atoms with Crippen LogP contribution in [0, 0.1) is 0 Å². The number of aromatic nitrogens is 2. The fraction of sp³-hybridized carbons (Fsp3) is 0.556. The average Bonchev–Trinajstić information content (AvgIpc) is 3.29. The lowest BCUT2D eigenvalue weighted by molar-refractivity contribution is -0.143. The van der Waals surface area contributed by atoms with Gasteiger partial charge in [-0.05, 0) is 12.8 Å². The lowest BCUT2D eigenvalue weighted by Crippen LogP contribution is -2.58. The van der Waals surface area contributed by atoms with E-state index in [0.29, 0.717) is 5.69 Å². The van der Waals surface area contributed by atoms with E-state index in [1.807, 2.05) is 0 Å². The molecule has 1 rings (SSSR count). The third kappa shape index (κ3) is 10.1. The van der Waals surface area contributed by atoms with Crippen LogP contribution in [0.15, 0.2) is 17.5 Å². The van der Waals surface area contributed by atoms with Gasteiger partial charge in [0.25, 0.3) is 0 Å². The largest absolute Gasteiger partial charge is 0.480 e. The van der Waals surface area contributed by atoms with Crippen LogP contribution in [0.4, 0.5) is 0 Å². The maximum absolute atomic E-state index is 12.7. The zero-order valence-corrected chi connectivity index (χ0v) is 19.2. The molecular weight excluding hydrogens is 470 g/mol. The summed E-state index contributed by atoms with van der Waals surface area (Å²) >= 11 is 4.08. The third-order valence-electron chi connectivity index (χ3n) is 4.52. The van der Waals surface area contributed by atoms with Gasteiger partial charge in [-0.25, -0.2) is 9.78 Å². The highest BCUT2D eigenvalue weighted by molar-refractivity contribution is 7.80. The maximum Gasteiger partial charge on any atom is 0.328 e. The fourth-order valence-electron chi connectivity index (χ4n) is 2.70. The van der Waals surface area contributed by atoms with Crippen LogP contribution < -0.4 is 33.2 Å². The second-order valence-electron chi connectivity index (χ2n) is 7.22. The number of guanidine groups is 1. The molecule has 1 aromatic heterocycles. The molecule has 1 aromatic rings. The second-order valence-corrected chi connectivity index (χ2v) is 7.59. The van der Waals surface area contributed by atoms with E-state index in [9.17, 15) is 19.2 Å². The minimum atomic E-state index is -1.56. The van der Waals surface area contributed by atoms with E-state index < -0.39 is 54.5 Å². The summed E-state index contributed by atoms with van der Waals surface area (Å²) in [6.07, 6.45) is 3.41. The molecule has 3 amide bonds. The Morgan fingerprint density at radius 3 is 2.24 bits per heavy atom. The van der Waals surface area contributed by atoms with Crippen molar-refractivity contribution in [2.75, 3.05) is 18.9 Å². The van der Waals surface area contributed by atoms with Gasteiger partial charge in [0, 0.05) is 30.6 Å². The molecule has 0 aliphatic carbocycles. The Balaban J connectivity index is 2.82. The molecule has 34 heavy (non-hydrogen) atoms. The van der Waals surface area contributed by atoms with Crippen molar-refractivity contribution in [3.63, 3.8) is 0 Å². The summed E-state index contributed by atoms with van der Waals surface area (Å²) in [6.45, 7) is -0.696. The first-order chi connectivity index (χ1) is 16.1. The predicted molar refractivity (Wildman–Crippen MR) is 125 cm³/mol. The molecule has 0 aromatic carbocycles. The van der Waals surface area contributed by atoms with Gasteiger partial charge in [-0.2, -0.15) is 12.6 Å². The quantitative estimate of drug-likeness (QED) is 0.0479. The number of carboxylic acid groups (broad SMARTS) is 1. The molecule has 4 unspecified atom stereocenters. The number of aliphatic imine (C=N–C) groups is 1. The number of aliphatic carboxylic acids is 1. The summed E-state index contributed by atoms with van der Waals surface area (Å²) in [6, 6.07) is -4.88. The van der Waals surface area contributed by atoms with E-state index in [1.165, 1.54) is 12.5 Å². The van der Waals surface area contributed by atoms with Crippen molar-refractivity contribution in [1.29, 1.82) is 0 Å². The molecule has 0 fully saturated rings. The molecular formula is C18H31N9O6S. The maximum atomic E-state index is 12.7. The van der Waals surface area contributed by atoms with Crippen molar-refractivity contribution in [1.82, 2.24) is 25.9 Å². The Labute approximate surface area is 200 Å². The third-order valence-corrected chi connectivity index (χ3v) is 4.89. The number of aliphatic hydroxyl groups excluding tert-OH is 1. The molecule has 0 spiro atoms. The standard InChI is InChI=1S/C18H31N9O6S/c19-10(4-9-5-22-8-24-9)14(29)27-13(7-34)16(31)25-11(2-1-3-23-18(20)21)15(30)26-12(6-28)17(32)33/h5,8,10-13,28,34H,1-4,6-7,19H2,(H,22,24)(H,25,31)(H,26,30)(H,27,29)(H,32,33)(H4,20,21,23). The number of carboxylic acids is 1. The number of aliphatic hydroxyl groups is 1. The average molecular weight is 502 g/mol. The lowest BCUT2D eigenvalue weighted by atomic mass is 10.1. The Hall–Kier alpha value is -3.37. The summed E-state index contributed by atoms with van der Waals surface area (Å²) in [5, 5.41) is 25.3. The van der Waals surface area contributed by atoms with Crippen molar-refractivity contribution in [2.45, 2.75) is 43.4 Å². The normalized spacial score (nSPS) is 14.2. The first kappa shape index (κ1) is 28.7. The number of thiol groups is 1. The Kier molecular flexibility index (Phi) is 12.4. The van der Waals surface area contributed by atoms with Gasteiger partial charge in [0.15, 0.2) is 5.96 Å². The number of carbonyl (C=O) groups is 4. The molecule has 1 heterocycles. The summed E-state index contributed by atoms with van der Waals surface area (Å²) in [5.74, 6) is -3.92. The van der Waals surface area contributed by atoms with Crippen molar-refractivity contribution in [3.05, 3.63) is 18.2 Å². The Bertz CT molecular complexity index is 847. The number of H-pyrrole nitrogens is 1. The topological polar surface area (TPSA) is 264 Å². The highest BCUT2D eigenvalue weighted by Crippen LogP contribution is 2.03. The van der Waals surface area contributed by atoms with Crippen LogP contribution >= 0.6 is 12.6 Å². The fourth-order valence-corrected chi connectivity index (χ4v) is 2.96. The molecule has 15 nitrogen and oxygen atoms in total. The molecule has 0 bridgehead atoms. The summed E-state index contributed by atoms with van der Waals surface area (Å²) in [7, 11) is 0. The van der Waals surface area contributed by atoms with Gasteiger partial charge in [0.05, 0.1) is 19.0 Å². The second kappa shape index (κ2) is 14.7. The molecule has 4 atom stereocenters. The number of hydrogen-bond donors (Lipinski definition) is 10. The first-order valence-corrected chi connectivity index (χ1v) is 10.9. The Morgan fingerprint density at radius 1 is 1.09 bits per heavy atom. The highest BCUT2D eigenvalue weighted by atomic mass is 32.1. The van der Waals surface area contributed by atoms with Crippen LogP contribution in [0.25, 0.3) is 0 Å². The molecule has 190 valence electrons. The zero-order chi connectivity index (χ0) is 25.7. The van der Waals surface area contributed by atoms with Gasteiger partial charge in [-0.1, -0.05) is 0 Å². The number of aromatic amines is 1. The van der Waals surface area contributed by atoms with Crippen LogP contribution in [-0.4, -0.2) is 92.9 Å². The monoisotopic (exact) mass is 501 g/mol. The Morgan fingerprint density at radius 2 is 1.71 bits per heavy atom. The zero-order valence-electron chi connectivity index (χ0n) is 18.3. The van der Waals surface area contributed by atoms with E-state index in [-0.39, 0.29) is 37.5 Å². The number of hydrogen-bond acceptors (Lipinski definition) is 9. The number of nitrogens with zero attached hydrogens (tertiary/aromatic N) is 2. The van der Waals surface area contributed by atoms with Gasteiger partial charge < -0.3 is 48.3 Å². The van der Waals surface area contributed by atoms with Crippen LogP contribution in [0.5, 0.6) is 0 Å². The first-order valence-electron chi connectivity index (χ1n) is 10.2. The molecule has 12 N–H and O–H groups in total. The van der Waals surface area contributed by atoms with Crippen molar-refractivity contribution in [3.8, 4) is 0 Å². The lowest BCUT2D eigenvalue weighted by Gasteiger charge is -2.24. The van der Waals surface area contributed by atoms with Crippen LogP contribution in [-0.2, 0) is 25.6 Å². The van der Waals surface area contributed by atoms with E-state index in [0.717, 1.165) is 0 Å². The minimum Gasteiger partial charge on any atom is -0.480 e. The van der Waals surface area contributed by atoms with Gasteiger partial charge in [-0.15, -0.1) is 0 Å². The summed E-state index contributed by atoms with van der Waals surface area (Å²) in [4.78, 5) is 59.3. The molecule has 0 saturated carbocycles. The predicted octanol–water partition coefficient (Wildman–Crippen LogP) is -4.21. The summed E-state index contributed by atoms with van der Waals surface area (Å²) < 4.78 is 0. The van der Waals surface area contributed by atoms with Crippen molar-refractivity contribution in [2.24, 2.45) is 22.2 Å². The van der Waals surface area contributed by atoms with Gasteiger partial charge in [0.2, 0.25) is 17.7 Å². The number of imidazole rings is 1. The van der Waals surface area contributed by atoms with E-state index in [4.69, 9.17) is 27.4 Å². The van der Waals surface area contributed by atoms with Gasteiger partial charge in [0.1, 0.15) is 18.1 Å². The number of nitrogens with one attached hydrogen (secondary N) is 4. The smallest absolute Gasteiger partial charge is 0.328 e. The van der Waals surface area contributed by atoms with Gasteiger partial charge in [-0.3, -0.25) is 19.4 Å². The number of nitrogens with two attached hydrogens (primary N) is 3. The highest BCUT2D eigenvalue weighted by Gasteiger charge is 2.29. The van der Waals surface area contributed by atoms with E-state index in [2.05, 4.69) is 43.5 Å². The van der Waals surface area contributed by atoms with Crippen LogP contribution in [0.3, 0.4) is 0 Å². The van der Waals surface area contributed by atoms with Crippen LogP contribution in [0.2, 0.25) is 0 Å². The van der Waals surface area contributed by atoms with Crippen LogP contribution in [0.1, 0.15) is 18.5 Å². The van der Waals surface area contributed by atoms with Gasteiger partial charge >= 0.3 is 5.97 Å². The molecule has 0 saturated heterocycles. The van der Waals surface area contributed by atoms with E-state index in [1.54, 1.807) is 0 Å². The molecule has 16 heteroatoms. The van der Waals surface area contributed by atoms with Crippen molar-refractivity contribution < 1.29 is 29.4 Å². The SMILES string of the molecule is NC(N)=NCCCC(NC(=O)C(CS)NC(=O)C(N)Cc1cnc[nH]1)C(=O)NC(CO)C(=O)O. The summed E-state index contributed by atoms with van der Waals surface area (Å²) in [5.41, 5.74) is 17.0. The number of amides is 3. The molecule has 0 aliphatic heterocycles. The van der Waals surface area contributed by atoms with Crippen molar-refractivity contribution >= 4 is 42.3 Å².